The smallest absolute Gasteiger partial charge is 0.130 e. The Kier molecular flexibility index (Phi) is 2.58. The van der Waals surface area contributed by atoms with Gasteiger partial charge in [0, 0.05) is 29.9 Å². The van der Waals surface area contributed by atoms with E-state index in [9.17, 15) is 4.39 Å². The van der Waals surface area contributed by atoms with Gasteiger partial charge in [-0.1, -0.05) is 6.07 Å². The molecule has 3 rings (SSSR count). The lowest BCUT2D eigenvalue weighted by atomic mass is 10.0. The van der Waals surface area contributed by atoms with Gasteiger partial charge < -0.3 is 10.6 Å². The maximum atomic E-state index is 13.9. The molecule has 1 saturated carbocycles. The maximum absolute atomic E-state index is 13.9. The SMILES string of the molecule is C[C@H](N)c1c(F)cccc1N1CC2CCC1C2. The first-order valence-corrected chi connectivity index (χ1v) is 6.47. The zero-order valence-electron chi connectivity index (χ0n) is 10.2. The highest BCUT2D eigenvalue weighted by Gasteiger charge is 2.38. The van der Waals surface area contributed by atoms with E-state index in [0.717, 1.165) is 18.2 Å². The Morgan fingerprint density at radius 2 is 2.24 bits per heavy atom. The molecular weight excluding hydrogens is 215 g/mol. The molecule has 2 fully saturated rings. The van der Waals surface area contributed by atoms with Crippen LogP contribution < -0.4 is 10.6 Å². The fourth-order valence-electron chi connectivity index (χ4n) is 3.45. The summed E-state index contributed by atoms with van der Waals surface area (Å²) in [5.74, 6) is 0.643. The van der Waals surface area contributed by atoms with Crippen molar-refractivity contribution < 1.29 is 4.39 Å². The normalized spacial score (nSPS) is 28.8. The average molecular weight is 234 g/mol. The number of fused-ring (bicyclic) bond motifs is 2. The van der Waals surface area contributed by atoms with Crippen LogP contribution >= 0.6 is 0 Å². The molecule has 2 nitrogen and oxygen atoms in total. The van der Waals surface area contributed by atoms with Crippen molar-refractivity contribution in [1.29, 1.82) is 0 Å². The van der Waals surface area contributed by atoms with Gasteiger partial charge in [-0.15, -0.1) is 0 Å². The van der Waals surface area contributed by atoms with Gasteiger partial charge in [0.1, 0.15) is 5.82 Å². The van der Waals surface area contributed by atoms with Gasteiger partial charge in [-0.2, -0.15) is 0 Å². The Morgan fingerprint density at radius 1 is 1.41 bits per heavy atom. The molecule has 3 atom stereocenters. The lowest BCUT2D eigenvalue weighted by molar-refractivity contribution is 0.545. The van der Waals surface area contributed by atoms with E-state index in [0.29, 0.717) is 11.6 Å². The van der Waals surface area contributed by atoms with E-state index in [2.05, 4.69) is 4.90 Å². The Labute approximate surface area is 102 Å². The lowest BCUT2D eigenvalue weighted by Crippen LogP contribution is -2.33. The summed E-state index contributed by atoms with van der Waals surface area (Å²) >= 11 is 0. The van der Waals surface area contributed by atoms with Crippen molar-refractivity contribution in [1.82, 2.24) is 0 Å². The van der Waals surface area contributed by atoms with Crippen LogP contribution in [0.1, 0.15) is 37.8 Å². The van der Waals surface area contributed by atoms with Crippen LogP contribution in [0.5, 0.6) is 0 Å². The Bertz CT molecular complexity index is 430. The predicted molar refractivity (Wildman–Crippen MR) is 67.5 cm³/mol. The van der Waals surface area contributed by atoms with Gasteiger partial charge in [0.2, 0.25) is 0 Å². The highest BCUT2D eigenvalue weighted by atomic mass is 19.1. The first kappa shape index (κ1) is 11.0. The second kappa shape index (κ2) is 3.98. The first-order valence-electron chi connectivity index (χ1n) is 6.47. The minimum Gasteiger partial charge on any atom is -0.368 e. The molecule has 1 aliphatic carbocycles. The summed E-state index contributed by atoms with van der Waals surface area (Å²) in [7, 11) is 0. The number of rotatable bonds is 2. The molecule has 2 N–H and O–H groups in total. The van der Waals surface area contributed by atoms with Gasteiger partial charge in [-0.25, -0.2) is 4.39 Å². The fraction of sp³-hybridized carbons (Fsp3) is 0.571. The summed E-state index contributed by atoms with van der Waals surface area (Å²) in [6.07, 6.45) is 3.86. The molecule has 17 heavy (non-hydrogen) atoms. The zero-order valence-corrected chi connectivity index (χ0v) is 10.2. The van der Waals surface area contributed by atoms with Crippen molar-refractivity contribution in [3.63, 3.8) is 0 Å². The van der Waals surface area contributed by atoms with Crippen LogP contribution in [0.15, 0.2) is 18.2 Å². The fourth-order valence-corrected chi connectivity index (χ4v) is 3.45. The molecule has 1 aliphatic heterocycles. The summed E-state index contributed by atoms with van der Waals surface area (Å²) in [5.41, 5.74) is 7.62. The highest BCUT2D eigenvalue weighted by molar-refractivity contribution is 5.57. The zero-order chi connectivity index (χ0) is 12.0. The van der Waals surface area contributed by atoms with Gasteiger partial charge in [-0.05, 0) is 44.2 Å². The predicted octanol–water partition coefficient (Wildman–Crippen LogP) is 2.83. The van der Waals surface area contributed by atoms with Gasteiger partial charge in [0.25, 0.3) is 0 Å². The molecular formula is C14H19FN2. The van der Waals surface area contributed by atoms with Gasteiger partial charge in [0.05, 0.1) is 0 Å². The molecule has 2 aliphatic rings. The van der Waals surface area contributed by atoms with E-state index in [1.807, 2.05) is 13.0 Å². The van der Waals surface area contributed by atoms with Crippen LogP contribution in [-0.2, 0) is 0 Å². The van der Waals surface area contributed by atoms with Crippen molar-refractivity contribution in [2.24, 2.45) is 11.7 Å². The highest BCUT2D eigenvalue weighted by Crippen LogP contribution is 2.42. The average Bonchev–Trinajstić information content (AvgIpc) is 2.89. The molecule has 2 bridgehead atoms. The second-order valence-corrected chi connectivity index (χ2v) is 5.45. The van der Waals surface area contributed by atoms with E-state index in [4.69, 9.17) is 5.73 Å². The summed E-state index contributed by atoms with van der Waals surface area (Å²) in [6, 6.07) is 5.69. The van der Waals surface area contributed by atoms with Crippen LogP contribution in [0.2, 0.25) is 0 Å². The van der Waals surface area contributed by atoms with Crippen LogP contribution in [0.3, 0.4) is 0 Å². The van der Waals surface area contributed by atoms with Crippen molar-refractivity contribution >= 4 is 5.69 Å². The largest absolute Gasteiger partial charge is 0.368 e. The third kappa shape index (κ3) is 1.73. The number of hydrogen-bond donors (Lipinski definition) is 1. The molecule has 0 amide bonds. The van der Waals surface area contributed by atoms with E-state index in [1.54, 1.807) is 6.07 Å². The number of nitrogens with two attached hydrogens (primary N) is 1. The molecule has 92 valence electrons. The number of anilines is 1. The van der Waals surface area contributed by atoms with Gasteiger partial charge >= 0.3 is 0 Å². The molecule has 2 unspecified atom stereocenters. The molecule has 0 aromatic heterocycles. The van der Waals surface area contributed by atoms with Gasteiger partial charge in [-0.3, -0.25) is 0 Å². The number of nitrogens with zero attached hydrogens (tertiary/aromatic N) is 1. The van der Waals surface area contributed by atoms with Crippen molar-refractivity contribution in [3.05, 3.63) is 29.6 Å². The Balaban J connectivity index is 2.00. The van der Waals surface area contributed by atoms with Crippen molar-refractivity contribution in [3.8, 4) is 0 Å². The Hall–Kier alpha value is -1.09. The van der Waals surface area contributed by atoms with Crippen molar-refractivity contribution in [2.75, 3.05) is 11.4 Å². The Morgan fingerprint density at radius 3 is 2.82 bits per heavy atom. The number of hydrogen-bond acceptors (Lipinski definition) is 2. The van der Waals surface area contributed by atoms with Crippen LogP contribution in [-0.4, -0.2) is 12.6 Å². The minimum atomic E-state index is -0.245. The third-order valence-corrected chi connectivity index (χ3v) is 4.20. The van der Waals surface area contributed by atoms with E-state index in [-0.39, 0.29) is 11.9 Å². The molecule has 1 aromatic carbocycles. The quantitative estimate of drug-likeness (QED) is 0.852. The van der Waals surface area contributed by atoms with Gasteiger partial charge in [0.15, 0.2) is 0 Å². The summed E-state index contributed by atoms with van der Waals surface area (Å²) < 4.78 is 13.9. The molecule has 1 heterocycles. The lowest BCUT2D eigenvalue weighted by Gasteiger charge is -2.32. The van der Waals surface area contributed by atoms with Crippen LogP contribution in [0.25, 0.3) is 0 Å². The maximum Gasteiger partial charge on any atom is 0.130 e. The standard InChI is InChI=1S/C14H19FN2/c1-9(16)14-12(15)3-2-4-13(14)17-8-10-5-6-11(17)7-10/h2-4,9-11H,5-8,16H2,1H3/t9-,10?,11?/m0/s1. The monoisotopic (exact) mass is 234 g/mol. The van der Waals surface area contributed by atoms with E-state index < -0.39 is 0 Å². The topological polar surface area (TPSA) is 29.3 Å². The minimum absolute atomic E-state index is 0.166. The summed E-state index contributed by atoms with van der Waals surface area (Å²) in [5, 5.41) is 0. The third-order valence-electron chi connectivity index (χ3n) is 4.20. The molecule has 1 aromatic rings. The molecule has 1 saturated heterocycles. The number of piperidine rings is 1. The van der Waals surface area contributed by atoms with E-state index >= 15 is 0 Å². The van der Waals surface area contributed by atoms with E-state index in [1.165, 1.54) is 25.3 Å². The second-order valence-electron chi connectivity index (χ2n) is 5.45. The van der Waals surface area contributed by atoms with Crippen LogP contribution in [0, 0.1) is 11.7 Å². The summed E-state index contributed by atoms with van der Waals surface area (Å²) in [6.45, 7) is 2.93. The van der Waals surface area contributed by atoms with Crippen LogP contribution in [0.4, 0.5) is 10.1 Å². The first-order chi connectivity index (χ1) is 8.16. The summed E-state index contributed by atoms with van der Waals surface area (Å²) in [4.78, 5) is 2.37. The molecule has 0 spiro atoms. The van der Waals surface area contributed by atoms with Crippen molar-refractivity contribution in [2.45, 2.75) is 38.3 Å². The number of halogens is 1. The molecule has 0 radical (unpaired) electrons. The number of benzene rings is 1. The molecule has 3 heteroatoms.